The van der Waals surface area contributed by atoms with Gasteiger partial charge in [0.1, 0.15) is 6.61 Å². The predicted octanol–water partition coefficient (Wildman–Crippen LogP) is 2.48. The minimum atomic E-state index is -0.0784. The summed E-state index contributed by atoms with van der Waals surface area (Å²) in [6.07, 6.45) is 7.04. The maximum absolute atomic E-state index is 12.8. The van der Waals surface area contributed by atoms with Gasteiger partial charge in [0, 0.05) is 0 Å². The molecule has 0 saturated carbocycles. The van der Waals surface area contributed by atoms with Gasteiger partial charge in [0.25, 0.3) is 5.56 Å². The summed E-state index contributed by atoms with van der Waals surface area (Å²) in [6, 6.07) is 13.1. The first-order valence-electron chi connectivity index (χ1n) is 7.87. The van der Waals surface area contributed by atoms with Crippen molar-refractivity contribution in [1.29, 1.82) is 0 Å². The number of ether oxygens (including phenoxy) is 2. The molecule has 26 heavy (non-hydrogen) atoms. The fourth-order valence-corrected chi connectivity index (χ4v) is 3.76. The van der Waals surface area contributed by atoms with E-state index in [1.807, 2.05) is 42.5 Å². The molecule has 0 radical (unpaired) electrons. The third kappa shape index (κ3) is 2.68. The molecular weight excluding hydrogens is 348 g/mol. The van der Waals surface area contributed by atoms with Crippen molar-refractivity contribution in [3.05, 3.63) is 62.9 Å². The van der Waals surface area contributed by atoms with Crippen molar-refractivity contribution in [1.82, 2.24) is 9.38 Å². The zero-order valence-corrected chi connectivity index (χ0v) is 14.7. The van der Waals surface area contributed by atoms with E-state index in [0.29, 0.717) is 21.0 Å². The van der Waals surface area contributed by atoms with E-state index < -0.39 is 0 Å². The van der Waals surface area contributed by atoms with Crippen molar-refractivity contribution in [3.8, 4) is 23.8 Å². The molecule has 0 aliphatic carbocycles. The summed E-state index contributed by atoms with van der Waals surface area (Å²) in [5.74, 6) is 3.55. The number of thiazole rings is 1. The number of fused-ring (bicyclic) bond motifs is 3. The lowest BCUT2D eigenvalue weighted by Crippen LogP contribution is -2.22. The molecule has 0 fully saturated rings. The molecule has 0 atom stereocenters. The summed E-state index contributed by atoms with van der Waals surface area (Å²) < 4.78 is 13.0. The molecule has 0 spiro atoms. The Morgan fingerprint density at radius 1 is 1.27 bits per heavy atom. The molecule has 0 saturated heterocycles. The van der Waals surface area contributed by atoms with Crippen molar-refractivity contribution in [3.63, 3.8) is 0 Å². The molecule has 0 aliphatic heterocycles. The monoisotopic (exact) mass is 362 g/mol. The molecule has 128 valence electrons. The smallest absolute Gasteiger partial charge is 0.274 e. The number of nitrogens with zero attached hydrogens (tertiary/aromatic N) is 2. The lowest BCUT2D eigenvalue weighted by Gasteiger charge is -2.08. The largest absolute Gasteiger partial charge is 0.493 e. The topological polar surface area (TPSA) is 52.8 Å². The summed E-state index contributed by atoms with van der Waals surface area (Å²) in [5, 5.41) is 0. The SMILES string of the molecule is C#CCOc1ccc(/C=c2\sc3nc4ccccc4n3c2=O)cc1OC. The second kappa shape index (κ2) is 6.54. The second-order valence-electron chi connectivity index (χ2n) is 5.54. The van der Waals surface area contributed by atoms with Crippen LogP contribution in [0, 0.1) is 12.3 Å². The van der Waals surface area contributed by atoms with Gasteiger partial charge >= 0.3 is 0 Å². The van der Waals surface area contributed by atoms with E-state index in [9.17, 15) is 4.79 Å². The lowest BCUT2D eigenvalue weighted by atomic mass is 10.2. The summed E-state index contributed by atoms with van der Waals surface area (Å²) in [6.45, 7) is 0.166. The highest BCUT2D eigenvalue weighted by Crippen LogP contribution is 2.28. The molecule has 6 heteroatoms. The quantitative estimate of drug-likeness (QED) is 0.524. The number of terminal acetylenes is 1. The minimum Gasteiger partial charge on any atom is -0.493 e. The molecule has 2 aromatic heterocycles. The van der Waals surface area contributed by atoms with Crippen LogP contribution in [0.4, 0.5) is 0 Å². The van der Waals surface area contributed by atoms with E-state index in [1.165, 1.54) is 11.3 Å². The third-order valence-electron chi connectivity index (χ3n) is 3.94. The highest BCUT2D eigenvalue weighted by molar-refractivity contribution is 7.15. The highest BCUT2D eigenvalue weighted by atomic mass is 32.1. The molecule has 4 rings (SSSR count). The Morgan fingerprint density at radius 3 is 2.92 bits per heavy atom. The van der Waals surface area contributed by atoms with Gasteiger partial charge in [-0.05, 0) is 35.9 Å². The second-order valence-corrected chi connectivity index (χ2v) is 6.55. The van der Waals surface area contributed by atoms with Crippen molar-refractivity contribution in [2.24, 2.45) is 0 Å². The van der Waals surface area contributed by atoms with Crippen LogP contribution in [-0.2, 0) is 0 Å². The molecule has 0 unspecified atom stereocenters. The number of benzene rings is 2. The van der Waals surface area contributed by atoms with Crippen LogP contribution in [0.25, 0.3) is 22.1 Å². The Bertz CT molecular complexity index is 1260. The molecule has 2 heterocycles. The van der Waals surface area contributed by atoms with Crippen molar-refractivity contribution < 1.29 is 9.47 Å². The Kier molecular flexibility index (Phi) is 4.07. The zero-order chi connectivity index (χ0) is 18.1. The number of aromatic nitrogens is 2. The summed E-state index contributed by atoms with van der Waals surface area (Å²) >= 11 is 1.36. The van der Waals surface area contributed by atoms with Crippen LogP contribution < -0.4 is 19.6 Å². The van der Waals surface area contributed by atoms with Gasteiger partial charge in [0.2, 0.25) is 0 Å². The van der Waals surface area contributed by atoms with Crippen molar-refractivity contribution >= 4 is 33.4 Å². The lowest BCUT2D eigenvalue weighted by molar-refractivity contribution is 0.331. The van der Waals surface area contributed by atoms with Crippen LogP contribution in [0.3, 0.4) is 0 Å². The predicted molar refractivity (Wildman–Crippen MR) is 103 cm³/mol. The number of hydrogen-bond donors (Lipinski definition) is 0. The van der Waals surface area contributed by atoms with E-state index in [2.05, 4.69) is 10.9 Å². The van der Waals surface area contributed by atoms with E-state index in [-0.39, 0.29) is 12.2 Å². The van der Waals surface area contributed by atoms with E-state index >= 15 is 0 Å². The normalized spacial score (nSPS) is 11.8. The Balaban J connectivity index is 1.82. The van der Waals surface area contributed by atoms with Gasteiger partial charge in [-0.25, -0.2) is 9.38 Å². The fourth-order valence-electron chi connectivity index (χ4n) is 2.78. The van der Waals surface area contributed by atoms with Crippen LogP contribution in [-0.4, -0.2) is 23.1 Å². The molecule has 0 aliphatic rings. The van der Waals surface area contributed by atoms with Crippen LogP contribution >= 0.6 is 11.3 Å². The van der Waals surface area contributed by atoms with Gasteiger partial charge in [-0.2, -0.15) is 0 Å². The minimum absolute atomic E-state index is 0.0784. The van der Waals surface area contributed by atoms with Crippen LogP contribution in [0.2, 0.25) is 0 Å². The third-order valence-corrected chi connectivity index (χ3v) is 4.91. The van der Waals surface area contributed by atoms with Crippen molar-refractivity contribution in [2.75, 3.05) is 13.7 Å². The first-order chi connectivity index (χ1) is 12.7. The molecule has 2 aromatic carbocycles. The van der Waals surface area contributed by atoms with E-state index in [4.69, 9.17) is 15.9 Å². The van der Waals surface area contributed by atoms with Crippen LogP contribution in [0.15, 0.2) is 47.3 Å². The zero-order valence-electron chi connectivity index (χ0n) is 13.9. The van der Waals surface area contributed by atoms with Gasteiger partial charge < -0.3 is 9.47 Å². The van der Waals surface area contributed by atoms with E-state index in [0.717, 1.165) is 16.6 Å². The molecule has 0 N–H and O–H groups in total. The maximum Gasteiger partial charge on any atom is 0.274 e. The number of hydrogen-bond acceptors (Lipinski definition) is 5. The summed E-state index contributed by atoms with van der Waals surface area (Å²) in [5.41, 5.74) is 2.39. The fraction of sp³-hybridized carbons (Fsp3) is 0.100. The first kappa shape index (κ1) is 16.2. The molecular formula is C20H14N2O3S. The van der Waals surface area contributed by atoms with Gasteiger partial charge in [-0.1, -0.05) is 35.5 Å². The summed E-state index contributed by atoms with van der Waals surface area (Å²) in [4.78, 5) is 18.0. The number of rotatable bonds is 4. The van der Waals surface area contributed by atoms with Crippen LogP contribution in [0.1, 0.15) is 5.56 Å². The Hall–Kier alpha value is -3.30. The number of methoxy groups -OCH3 is 1. The van der Waals surface area contributed by atoms with Gasteiger partial charge in [0.15, 0.2) is 16.5 Å². The molecule has 0 bridgehead atoms. The number of imidazole rings is 1. The van der Waals surface area contributed by atoms with Crippen molar-refractivity contribution in [2.45, 2.75) is 0 Å². The van der Waals surface area contributed by atoms with E-state index in [1.54, 1.807) is 17.6 Å². The van der Waals surface area contributed by atoms with Crippen LogP contribution in [0.5, 0.6) is 11.5 Å². The Morgan fingerprint density at radius 2 is 2.12 bits per heavy atom. The summed E-state index contributed by atoms with van der Waals surface area (Å²) in [7, 11) is 1.56. The molecule has 4 aromatic rings. The van der Waals surface area contributed by atoms with Gasteiger partial charge in [-0.15, -0.1) is 6.42 Å². The van der Waals surface area contributed by atoms with Gasteiger partial charge in [-0.3, -0.25) is 4.79 Å². The maximum atomic E-state index is 12.8. The highest BCUT2D eigenvalue weighted by Gasteiger charge is 2.11. The Labute approximate surface area is 153 Å². The molecule has 0 amide bonds. The first-order valence-corrected chi connectivity index (χ1v) is 8.69. The van der Waals surface area contributed by atoms with Gasteiger partial charge in [0.05, 0.1) is 22.7 Å². The molecule has 5 nitrogen and oxygen atoms in total. The number of para-hydroxylation sites is 2. The average Bonchev–Trinajstić information content (AvgIpc) is 3.17. The average molecular weight is 362 g/mol. The standard InChI is InChI=1S/C20H14N2O3S/c1-3-10-25-16-9-8-13(11-17(16)24-2)12-18-19(23)22-15-7-5-4-6-14(15)21-20(22)26-18/h1,4-9,11-12H,10H2,2H3/b18-12-.